The van der Waals surface area contributed by atoms with Gasteiger partial charge in [0.2, 0.25) is 0 Å². The molecule has 30 heavy (non-hydrogen) atoms. The highest BCUT2D eigenvalue weighted by Crippen LogP contribution is 2.32. The molecule has 1 aliphatic rings. The number of aliphatic hydroxyl groups is 1. The number of hydrogen-bond donors (Lipinski definition) is 1. The van der Waals surface area contributed by atoms with Gasteiger partial charge in [-0.15, -0.1) is 11.3 Å². The summed E-state index contributed by atoms with van der Waals surface area (Å²) in [5.41, 5.74) is 0.769. The van der Waals surface area contributed by atoms with E-state index in [-0.39, 0.29) is 25.1 Å². The number of unbranched alkanes of at least 4 members (excludes halogenated alkanes) is 2. The Hall–Kier alpha value is -2.43. The van der Waals surface area contributed by atoms with Gasteiger partial charge in [0.1, 0.15) is 11.6 Å². The third kappa shape index (κ3) is 5.59. The minimum atomic E-state index is -0.581. The molecule has 1 aromatic rings. The summed E-state index contributed by atoms with van der Waals surface area (Å²) in [5, 5.41) is 19.7. The van der Waals surface area contributed by atoms with Crippen LogP contribution in [-0.2, 0) is 9.59 Å². The van der Waals surface area contributed by atoms with Crippen LogP contribution >= 0.6 is 11.3 Å². The molecule has 0 saturated carbocycles. The monoisotopic (exact) mass is 429 g/mol. The lowest BCUT2D eigenvalue weighted by Gasteiger charge is -2.27. The summed E-state index contributed by atoms with van der Waals surface area (Å²) < 4.78 is 0. The van der Waals surface area contributed by atoms with E-state index in [4.69, 9.17) is 5.11 Å². The van der Waals surface area contributed by atoms with Crippen molar-refractivity contribution in [2.75, 3.05) is 31.1 Å². The number of amides is 2. The van der Waals surface area contributed by atoms with E-state index in [9.17, 15) is 14.9 Å². The number of aliphatic hydroxyl groups excluding tert-OH is 1. The van der Waals surface area contributed by atoms with Gasteiger partial charge in [0.25, 0.3) is 11.8 Å². The van der Waals surface area contributed by atoms with Crippen LogP contribution in [0, 0.1) is 11.3 Å². The van der Waals surface area contributed by atoms with Crippen molar-refractivity contribution >= 4 is 34.2 Å². The molecule has 2 rings (SSSR count). The van der Waals surface area contributed by atoms with Gasteiger partial charge in [-0.25, -0.2) is 0 Å². The first-order valence-corrected chi connectivity index (χ1v) is 11.4. The summed E-state index contributed by atoms with van der Waals surface area (Å²) in [6.07, 6.45) is 6.60. The molecule has 0 bridgehead atoms. The molecule has 0 aliphatic carbocycles. The predicted octanol–water partition coefficient (Wildman–Crippen LogP) is 4.13. The molecule has 0 radical (unpaired) electrons. The summed E-state index contributed by atoms with van der Waals surface area (Å²) in [5.74, 6) is -0.989. The molecule has 1 aliphatic heterocycles. The van der Waals surface area contributed by atoms with Gasteiger partial charge in [-0.3, -0.25) is 14.5 Å². The van der Waals surface area contributed by atoms with Crippen molar-refractivity contribution in [3.05, 3.63) is 33.7 Å². The molecule has 6 nitrogen and oxygen atoms in total. The van der Waals surface area contributed by atoms with Crippen LogP contribution in [0.3, 0.4) is 0 Å². The number of carbonyl (C=O) groups excluding carboxylic acids is 2. The molecule has 0 atom stereocenters. The maximum Gasteiger partial charge on any atom is 0.271 e. The van der Waals surface area contributed by atoms with E-state index in [1.165, 1.54) is 5.00 Å². The van der Waals surface area contributed by atoms with E-state index in [1.807, 2.05) is 12.1 Å². The number of rotatable bonds is 11. The van der Waals surface area contributed by atoms with Crippen molar-refractivity contribution in [3.63, 3.8) is 0 Å². The predicted molar refractivity (Wildman–Crippen MR) is 121 cm³/mol. The maximum absolute atomic E-state index is 12.9. The second-order valence-electron chi connectivity index (χ2n) is 7.38. The molecule has 7 heteroatoms. The fraction of sp³-hybridized carbons (Fsp3) is 0.522. The first-order valence-electron chi connectivity index (χ1n) is 10.6. The minimum absolute atomic E-state index is 0.0110. The number of nitriles is 1. The Morgan fingerprint density at radius 1 is 1.13 bits per heavy atom. The first-order chi connectivity index (χ1) is 14.5. The Morgan fingerprint density at radius 3 is 2.37 bits per heavy atom. The van der Waals surface area contributed by atoms with Crippen LogP contribution in [-0.4, -0.2) is 48.1 Å². The largest absolute Gasteiger partial charge is 0.396 e. The lowest BCUT2D eigenvalue weighted by molar-refractivity contribution is -0.140. The van der Waals surface area contributed by atoms with E-state index < -0.39 is 11.8 Å². The van der Waals surface area contributed by atoms with Gasteiger partial charge in [-0.1, -0.05) is 26.7 Å². The molecule has 0 spiro atoms. The van der Waals surface area contributed by atoms with Crippen LogP contribution in [0.5, 0.6) is 0 Å². The average molecular weight is 430 g/mol. The summed E-state index contributed by atoms with van der Waals surface area (Å²) >= 11 is 1.62. The Morgan fingerprint density at radius 2 is 1.80 bits per heavy atom. The standard InChI is InChI=1S/C23H31N3O3S/c1-4-6-11-25(12-7-5-2)21-10-9-18(30-21)15-19-17(3)20(16-24)23(29)26(22(19)28)13-8-14-27/h9-10,15,27H,4-8,11-14H2,1-3H3. The van der Waals surface area contributed by atoms with Crippen molar-refractivity contribution in [2.24, 2.45) is 0 Å². The van der Waals surface area contributed by atoms with Crippen LogP contribution in [0.2, 0.25) is 0 Å². The fourth-order valence-corrected chi connectivity index (χ4v) is 4.33. The van der Waals surface area contributed by atoms with Crippen LogP contribution in [0.25, 0.3) is 6.08 Å². The van der Waals surface area contributed by atoms with Crippen LogP contribution in [0.1, 0.15) is 57.8 Å². The summed E-state index contributed by atoms with van der Waals surface area (Å²) in [6, 6.07) is 6.01. The normalized spacial score (nSPS) is 15.8. The molecule has 0 fully saturated rings. The molecule has 2 heterocycles. The molecule has 0 unspecified atom stereocenters. The molecule has 0 saturated heterocycles. The Labute approximate surface area is 183 Å². The zero-order valence-corrected chi connectivity index (χ0v) is 18.9. The number of anilines is 1. The smallest absolute Gasteiger partial charge is 0.271 e. The molecule has 0 aromatic carbocycles. The lowest BCUT2D eigenvalue weighted by atomic mass is 9.94. The van der Waals surface area contributed by atoms with Crippen LogP contribution in [0.15, 0.2) is 28.9 Å². The summed E-state index contributed by atoms with van der Waals surface area (Å²) in [6.45, 7) is 8.00. The van der Waals surface area contributed by atoms with E-state index in [1.54, 1.807) is 24.3 Å². The third-order valence-electron chi connectivity index (χ3n) is 5.14. The number of carbonyl (C=O) groups is 2. The molecular weight excluding hydrogens is 398 g/mol. The quantitative estimate of drug-likeness (QED) is 0.422. The Kier molecular flexibility index (Phi) is 9.28. The summed E-state index contributed by atoms with van der Waals surface area (Å²) in [4.78, 5) is 29.8. The van der Waals surface area contributed by atoms with Gasteiger partial charge in [-0.2, -0.15) is 5.26 Å². The maximum atomic E-state index is 12.9. The zero-order chi connectivity index (χ0) is 22.1. The van der Waals surface area contributed by atoms with Gasteiger partial charge in [-0.05, 0) is 50.0 Å². The second-order valence-corrected chi connectivity index (χ2v) is 8.47. The van der Waals surface area contributed by atoms with E-state index in [2.05, 4.69) is 24.8 Å². The molecule has 1 aromatic heterocycles. The highest BCUT2D eigenvalue weighted by molar-refractivity contribution is 7.17. The van der Waals surface area contributed by atoms with Gasteiger partial charge in [0.05, 0.1) is 5.00 Å². The number of nitrogens with zero attached hydrogens (tertiary/aromatic N) is 3. The van der Waals surface area contributed by atoms with E-state index in [0.717, 1.165) is 48.5 Å². The fourth-order valence-electron chi connectivity index (χ4n) is 3.32. The van der Waals surface area contributed by atoms with Crippen molar-refractivity contribution in [1.29, 1.82) is 5.26 Å². The van der Waals surface area contributed by atoms with Crippen molar-refractivity contribution in [1.82, 2.24) is 4.90 Å². The van der Waals surface area contributed by atoms with Crippen LogP contribution in [0.4, 0.5) is 5.00 Å². The van der Waals surface area contributed by atoms with Crippen molar-refractivity contribution in [2.45, 2.75) is 52.9 Å². The van der Waals surface area contributed by atoms with Crippen molar-refractivity contribution < 1.29 is 14.7 Å². The SMILES string of the molecule is CCCCN(CCCC)c1ccc(C=C2C(=O)N(CCCO)C(=O)C(C#N)=C2C)s1. The van der Waals surface area contributed by atoms with E-state index in [0.29, 0.717) is 11.1 Å². The molecule has 162 valence electrons. The first kappa shape index (κ1) is 23.8. The number of thiophene rings is 1. The Balaban J connectivity index is 2.36. The molecule has 2 amide bonds. The van der Waals surface area contributed by atoms with Gasteiger partial charge in [0.15, 0.2) is 0 Å². The lowest BCUT2D eigenvalue weighted by Crippen LogP contribution is -2.43. The van der Waals surface area contributed by atoms with Crippen LogP contribution < -0.4 is 4.90 Å². The van der Waals surface area contributed by atoms with E-state index >= 15 is 0 Å². The zero-order valence-electron chi connectivity index (χ0n) is 18.1. The minimum Gasteiger partial charge on any atom is -0.396 e. The third-order valence-corrected chi connectivity index (χ3v) is 6.23. The number of hydrogen-bond acceptors (Lipinski definition) is 6. The highest BCUT2D eigenvalue weighted by Gasteiger charge is 2.35. The topological polar surface area (TPSA) is 84.6 Å². The highest BCUT2D eigenvalue weighted by atomic mass is 32.1. The van der Waals surface area contributed by atoms with Gasteiger partial charge in [0, 0.05) is 36.7 Å². The molecular formula is C23H31N3O3S. The van der Waals surface area contributed by atoms with Gasteiger partial charge < -0.3 is 10.0 Å². The molecule has 1 N–H and O–H groups in total. The second kappa shape index (κ2) is 11.7. The number of imide groups is 1. The van der Waals surface area contributed by atoms with Gasteiger partial charge >= 0.3 is 0 Å². The van der Waals surface area contributed by atoms with Crippen molar-refractivity contribution in [3.8, 4) is 6.07 Å². The average Bonchev–Trinajstić information content (AvgIpc) is 3.20. The Bertz CT molecular complexity index is 855. The summed E-state index contributed by atoms with van der Waals surface area (Å²) in [7, 11) is 0.